The summed E-state index contributed by atoms with van der Waals surface area (Å²) in [6.45, 7) is 0.669. The van der Waals surface area contributed by atoms with Gasteiger partial charge in [0.2, 0.25) is 0 Å². The molecule has 1 saturated heterocycles. The van der Waals surface area contributed by atoms with Crippen molar-refractivity contribution in [2.24, 2.45) is 0 Å². The van der Waals surface area contributed by atoms with Crippen LogP contribution in [0.2, 0.25) is 0 Å². The lowest BCUT2D eigenvalue weighted by Crippen LogP contribution is -2.54. The van der Waals surface area contributed by atoms with E-state index in [2.05, 4.69) is 0 Å². The first-order chi connectivity index (χ1) is 17.8. The molecule has 0 spiro atoms. The van der Waals surface area contributed by atoms with Crippen molar-refractivity contribution in [1.29, 1.82) is 0 Å². The van der Waals surface area contributed by atoms with Crippen LogP contribution in [0.5, 0.6) is 17.2 Å². The monoisotopic (exact) mass is 537 g/mol. The standard InChI is InChI=1S/C26H35NO9S/c1-32-20-9-12-22(24(18-20)34-3)23(33-2)6-4-5-15-36-19-7-10-21(11-8-19)37(30,31)26(25(28)27-29)13-16-35-17-14-26/h7-12,18,23,29H,4-6,13-17H2,1-3H3,(H,27,28). The Labute approximate surface area is 217 Å². The van der Waals surface area contributed by atoms with E-state index in [1.54, 1.807) is 33.5 Å². The summed E-state index contributed by atoms with van der Waals surface area (Å²) in [6, 6.07) is 11.6. The topological polar surface area (TPSA) is 130 Å². The molecule has 0 aromatic heterocycles. The summed E-state index contributed by atoms with van der Waals surface area (Å²) in [7, 11) is 0.808. The highest BCUT2D eigenvalue weighted by Gasteiger charge is 2.52. The van der Waals surface area contributed by atoms with E-state index < -0.39 is 20.5 Å². The number of amides is 1. The second-order valence-corrected chi connectivity index (χ2v) is 11.0. The van der Waals surface area contributed by atoms with Crippen molar-refractivity contribution in [2.75, 3.05) is 41.2 Å². The summed E-state index contributed by atoms with van der Waals surface area (Å²) in [4.78, 5) is 12.3. The van der Waals surface area contributed by atoms with Crippen molar-refractivity contribution >= 4 is 15.7 Å². The summed E-state index contributed by atoms with van der Waals surface area (Å²) < 4.78 is 52.3. The molecule has 2 aromatic rings. The smallest absolute Gasteiger partial charge is 0.265 e. The minimum atomic E-state index is -4.07. The lowest BCUT2D eigenvalue weighted by atomic mass is 9.98. The second kappa shape index (κ2) is 13.1. The fourth-order valence-corrected chi connectivity index (χ4v) is 6.41. The Balaban J connectivity index is 1.55. The average Bonchev–Trinajstić information content (AvgIpc) is 2.94. The Kier molecular flexibility index (Phi) is 10.2. The average molecular weight is 538 g/mol. The molecule has 1 aliphatic rings. The largest absolute Gasteiger partial charge is 0.497 e. The molecular formula is C26H35NO9S. The van der Waals surface area contributed by atoms with Crippen molar-refractivity contribution in [3.63, 3.8) is 0 Å². The fourth-order valence-electron chi connectivity index (χ4n) is 4.47. The Morgan fingerprint density at radius 3 is 2.30 bits per heavy atom. The SMILES string of the molecule is COc1ccc(C(CCCCOc2ccc(S(=O)(=O)C3(C(=O)NO)CCOCC3)cc2)OC)c(OC)c1. The number of methoxy groups -OCH3 is 3. The number of hydroxylamine groups is 1. The zero-order valence-corrected chi connectivity index (χ0v) is 22.2. The predicted molar refractivity (Wildman–Crippen MR) is 135 cm³/mol. The highest BCUT2D eigenvalue weighted by molar-refractivity contribution is 7.93. The summed E-state index contributed by atoms with van der Waals surface area (Å²) in [5, 5.41) is 9.17. The quantitative estimate of drug-likeness (QED) is 0.224. The molecule has 1 amide bonds. The van der Waals surface area contributed by atoms with Gasteiger partial charge in [0.25, 0.3) is 5.91 Å². The second-order valence-electron chi connectivity index (χ2n) is 8.70. The summed E-state index contributed by atoms with van der Waals surface area (Å²) in [5.74, 6) is 0.989. The van der Waals surface area contributed by atoms with Crippen molar-refractivity contribution in [3.8, 4) is 17.2 Å². The maximum absolute atomic E-state index is 13.3. The molecule has 37 heavy (non-hydrogen) atoms. The summed E-state index contributed by atoms with van der Waals surface area (Å²) in [5.41, 5.74) is 2.46. The first-order valence-electron chi connectivity index (χ1n) is 12.1. The molecule has 1 aliphatic heterocycles. The third-order valence-corrected chi connectivity index (χ3v) is 9.18. The molecule has 1 atom stereocenters. The van der Waals surface area contributed by atoms with Gasteiger partial charge >= 0.3 is 0 Å². The highest BCUT2D eigenvalue weighted by Crippen LogP contribution is 2.36. The van der Waals surface area contributed by atoms with Crippen LogP contribution < -0.4 is 19.7 Å². The molecule has 3 rings (SSSR count). The van der Waals surface area contributed by atoms with Gasteiger partial charge in [-0.1, -0.05) is 0 Å². The van der Waals surface area contributed by atoms with Gasteiger partial charge in [0.1, 0.15) is 17.2 Å². The number of hydrogen-bond donors (Lipinski definition) is 2. The van der Waals surface area contributed by atoms with Gasteiger partial charge in [-0.25, -0.2) is 13.9 Å². The molecule has 0 aliphatic carbocycles. The normalized spacial score (nSPS) is 16.0. The van der Waals surface area contributed by atoms with Gasteiger partial charge in [0.05, 0.1) is 31.8 Å². The predicted octanol–water partition coefficient (Wildman–Crippen LogP) is 3.47. The molecule has 0 radical (unpaired) electrons. The summed E-state index contributed by atoms with van der Waals surface area (Å²) >= 11 is 0. The molecule has 1 unspecified atom stereocenters. The first kappa shape index (κ1) is 28.7. The van der Waals surface area contributed by atoms with E-state index in [-0.39, 0.29) is 37.1 Å². The number of carbonyl (C=O) groups is 1. The lowest BCUT2D eigenvalue weighted by Gasteiger charge is -2.34. The molecule has 1 fully saturated rings. The van der Waals surface area contributed by atoms with Crippen molar-refractivity contribution in [3.05, 3.63) is 48.0 Å². The molecule has 2 N–H and O–H groups in total. The van der Waals surface area contributed by atoms with E-state index in [9.17, 15) is 13.2 Å². The minimum absolute atomic E-state index is 0.0123. The number of benzene rings is 2. The van der Waals surface area contributed by atoms with Crippen LogP contribution in [-0.2, 0) is 24.1 Å². The molecule has 2 aromatic carbocycles. The number of hydrogen-bond acceptors (Lipinski definition) is 9. The van der Waals surface area contributed by atoms with Gasteiger partial charge in [-0.2, -0.15) is 0 Å². The van der Waals surface area contributed by atoms with Gasteiger partial charge in [-0.15, -0.1) is 0 Å². The van der Waals surface area contributed by atoms with Crippen LogP contribution in [0.15, 0.2) is 47.4 Å². The summed E-state index contributed by atoms with van der Waals surface area (Å²) in [6.07, 6.45) is 2.15. The van der Waals surface area contributed by atoms with Gasteiger partial charge in [0.15, 0.2) is 14.6 Å². The lowest BCUT2D eigenvalue weighted by molar-refractivity contribution is -0.134. The number of nitrogens with one attached hydrogen (secondary N) is 1. The van der Waals surface area contributed by atoms with Gasteiger partial charge in [0, 0.05) is 32.0 Å². The fraction of sp³-hybridized carbons (Fsp3) is 0.500. The number of unbranched alkanes of at least 4 members (excludes halogenated alkanes) is 1. The van der Waals surface area contributed by atoms with Crippen LogP contribution in [0, 0.1) is 0 Å². The van der Waals surface area contributed by atoms with Crippen LogP contribution >= 0.6 is 0 Å². The van der Waals surface area contributed by atoms with Gasteiger partial charge in [-0.3, -0.25) is 10.0 Å². The van der Waals surface area contributed by atoms with E-state index >= 15 is 0 Å². The number of ether oxygens (including phenoxy) is 5. The van der Waals surface area contributed by atoms with E-state index in [0.717, 1.165) is 24.8 Å². The highest BCUT2D eigenvalue weighted by atomic mass is 32.2. The molecule has 204 valence electrons. The van der Waals surface area contributed by atoms with Gasteiger partial charge < -0.3 is 23.7 Å². The maximum atomic E-state index is 13.3. The minimum Gasteiger partial charge on any atom is -0.497 e. The Morgan fingerprint density at radius 1 is 1.03 bits per heavy atom. The maximum Gasteiger partial charge on any atom is 0.265 e. The number of rotatable bonds is 13. The van der Waals surface area contributed by atoms with Crippen LogP contribution in [0.3, 0.4) is 0 Å². The molecule has 0 bridgehead atoms. The van der Waals surface area contributed by atoms with Crippen molar-refractivity contribution in [2.45, 2.75) is 47.9 Å². The molecule has 11 heteroatoms. The Bertz CT molecular complexity index is 1130. The van der Waals surface area contributed by atoms with Crippen LogP contribution in [0.25, 0.3) is 0 Å². The van der Waals surface area contributed by atoms with E-state index in [1.807, 2.05) is 18.2 Å². The van der Waals surface area contributed by atoms with Crippen LogP contribution in [0.1, 0.15) is 43.8 Å². The molecule has 10 nitrogen and oxygen atoms in total. The van der Waals surface area contributed by atoms with Crippen molar-refractivity contribution in [1.82, 2.24) is 5.48 Å². The molecule has 0 saturated carbocycles. The van der Waals surface area contributed by atoms with Crippen LogP contribution in [-0.4, -0.2) is 65.4 Å². The third kappa shape index (κ3) is 6.35. The Morgan fingerprint density at radius 2 is 1.70 bits per heavy atom. The van der Waals surface area contributed by atoms with E-state index in [0.29, 0.717) is 23.9 Å². The van der Waals surface area contributed by atoms with Gasteiger partial charge in [-0.05, 0) is 68.5 Å². The van der Waals surface area contributed by atoms with Crippen LogP contribution in [0.4, 0.5) is 0 Å². The number of sulfone groups is 1. The molecule has 1 heterocycles. The van der Waals surface area contributed by atoms with E-state index in [4.69, 9.17) is 28.9 Å². The zero-order chi connectivity index (χ0) is 26.9. The first-order valence-corrected chi connectivity index (χ1v) is 13.6. The molecular weight excluding hydrogens is 502 g/mol. The van der Waals surface area contributed by atoms with Crippen molar-refractivity contribution < 1.29 is 42.1 Å². The number of carbonyl (C=O) groups excluding carboxylic acids is 1. The van der Waals surface area contributed by atoms with E-state index in [1.165, 1.54) is 17.6 Å². The zero-order valence-electron chi connectivity index (χ0n) is 21.4. The third-order valence-electron chi connectivity index (χ3n) is 6.67. The Hall–Kier alpha value is -2.86.